The van der Waals surface area contributed by atoms with E-state index < -0.39 is 5.82 Å². The van der Waals surface area contributed by atoms with E-state index in [2.05, 4.69) is 47.4 Å². The van der Waals surface area contributed by atoms with E-state index in [1.54, 1.807) is 42.7 Å². The van der Waals surface area contributed by atoms with Crippen molar-refractivity contribution in [2.75, 3.05) is 80.6 Å². The number of nitrogens with zero attached hydrogens (tertiary/aromatic N) is 7. The molecule has 0 radical (unpaired) electrons. The van der Waals surface area contributed by atoms with Gasteiger partial charge in [0, 0.05) is 71.8 Å². The fourth-order valence-electron chi connectivity index (χ4n) is 7.31. The van der Waals surface area contributed by atoms with Crippen LogP contribution in [0.2, 0.25) is 10.0 Å². The van der Waals surface area contributed by atoms with Gasteiger partial charge < -0.3 is 51.8 Å². The molecule has 3 atom stereocenters. The summed E-state index contributed by atoms with van der Waals surface area (Å²) in [7, 11) is 3.84. The number of hydrogen-bond acceptors (Lipinski definition) is 16. The molecular formula is C42H49Cl2FN12O4S. The minimum Gasteiger partial charge on any atom is -0.486 e. The predicted molar refractivity (Wildman–Crippen MR) is 242 cm³/mol. The molecular weight excluding hydrogens is 859 g/mol. The molecule has 8 N–H and O–H groups in total. The summed E-state index contributed by atoms with van der Waals surface area (Å²) in [5, 5.41) is 7.65. The molecule has 0 aliphatic carbocycles. The molecule has 20 heteroatoms. The molecule has 3 aromatic heterocycles. The largest absolute Gasteiger partial charge is 0.486 e. The monoisotopic (exact) mass is 906 g/mol. The van der Waals surface area contributed by atoms with Crippen molar-refractivity contribution in [3.05, 3.63) is 83.1 Å². The molecule has 5 aromatic rings. The normalized spacial score (nSPS) is 19.5. The molecule has 3 aliphatic heterocycles. The van der Waals surface area contributed by atoms with Crippen molar-refractivity contribution in [2.24, 2.45) is 11.1 Å². The number of halogens is 3. The topological polar surface area (TPSA) is 218 Å². The van der Waals surface area contributed by atoms with Crippen LogP contribution >= 0.6 is 35.0 Å². The highest BCUT2D eigenvalue weighted by atomic mass is 35.5. The van der Waals surface area contributed by atoms with E-state index in [1.807, 2.05) is 19.0 Å². The molecule has 8 rings (SSSR count). The number of benzene rings is 2. The van der Waals surface area contributed by atoms with Crippen LogP contribution in [0.3, 0.4) is 0 Å². The Morgan fingerprint density at radius 1 is 1.11 bits per heavy atom. The predicted octanol–water partition coefficient (Wildman–Crippen LogP) is 6.56. The Hall–Kier alpha value is -5.08. The lowest BCUT2D eigenvalue weighted by molar-refractivity contribution is -0.111. The van der Waals surface area contributed by atoms with Gasteiger partial charge in [-0.15, -0.1) is 0 Å². The van der Waals surface area contributed by atoms with Crippen molar-refractivity contribution in [1.82, 2.24) is 29.8 Å². The van der Waals surface area contributed by atoms with Crippen molar-refractivity contribution in [1.29, 1.82) is 0 Å². The molecule has 0 bridgehead atoms. The zero-order valence-corrected chi connectivity index (χ0v) is 36.8. The van der Waals surface area contributed by atoms with Crippen molar-refractivity contribution >= 4 is 86.4 Å². The number of nitrogens with one attached hydrogen (secondary N) is 2. The van der Waals surface area contributed by atoms with Crippen molar-refractivity contribution in [3.8, 4) is 5.75 Å². The molecule has 3 fully saturated rings. The van der Waals surface area contributed by atoms with Crippen LogP contribution in [0.25, 0.3) is 10.9 Å². The van der Waals surface area contributed by atoms with E-state index in [9.17, 15) is 9.18 Å². The second-order valence-corrected chi connectivity index (χ2v) is 17.3. The van der Waals surface area contributed by atoms with Crippen molar-refractivity contribution in [3.63, 3.8) is 0 Å². The van der Waals surface area contributed by atoms with Gasteiger partial charge in [0.05, 0.1) is 53.4 Å². The summed E-state index contributed by atoms with van der Waals surface area (Å²) in [6.45, 7) is 6.25. The van der Waals surface area contributed by atoms with Gasteiger partial charge in [0.1, 0.15) is 46.5 Å². The maximum Gasteiger partial charge on any atom is 0.248 e. The van der Waals surface area contributed by atoms with E-state index in [1.165, 1.54) is 36.3 Å². The number of likely N-dealkylation sites (N-methyl/N-ethyl adjacent to an activating group) is 1. The van der Waals surface area contributed by atoms with Crippen LogP contribution in [0, 0.1) is 11.2 Å². The number of carbonyl (C=O) groups is 1. The lowest BCUT2D eigenvalue weighted by Gasteiger charge is -2.41. The summed E-state index contributed by atoms with van der Waals surface area (Å²) >= 11 is 13.4. The standard InChI is InChI=1S/C24H25ClFN5O3.C18H24ClN7OS/c1-31(2)8-3-4-23(32)30-21-11-17-20(12-22(21)34-16-7-9-33-13-16)27-14-28-24(17)29-15-5-6-19(26)18(25)10-15;1-10-14(20)18(9-27-10)3-6-26(7-4-18)12-8-24-17(16(22)25-12)28-11-2-5-23-15(21)13(11)19/h3-6,10-12,14,16H,7-9,13H2,1-2H3,(H,30,32)(H,27,28,29);2,5,8,10,14H,3-4,6-7,9,20H2,1H3,(H2,21,23)(H2,22,25)/b4-3+;/t16-;/m0./s1. The molecule has 2 aromatic carbocycles. The van der Waals surface area contributed by atoms with Crippen LogP contribution in [-0.2, 0) is 14.3 Å². The number of ether oxygens (including phenoxy) is 3. The second-order valence-electron chi connectivity index (χ2n) is 15.5. The Kier molecular flexibility index (Phi) is 14.5. The number of piperidine rings is 1. The van der Waals surface area contributed by atoms with E-state index in [4.69, 9.17) is 54.6 Å². The van der Waals surface area contributed by atoms with Crippen LogP contribution in [0.15, 0.2) is 77.2 Å². The van der Waals surface area contributed by atoms with Crippen LogP contribution in [0.4, 0.5) is 39.0 Å². The number of carbonyl (C=O) groups excluding carboxylic acids is 1. The Bertz CT molecular complexity index is 2420. The van der Waals surface area contributed by atoms with Gasteiger partial charge in [-0.25, -0.2) is 29.3 Å². The molecule has 62 heavy (non-hydrogen) atoms. The van der Waals surface area contributed by atoms with Crippen LogP contribution in [-0.4, -0.2) is 108 Å². The Labute approximate surface area is 373 Å². The number of fused-ring (bicyclic) bond motifs is 1. The number of pyridine rings is 1. The van der Waals surface area contributed by atoms with Gasteiger partial charge in [-0.3, -0.25) is 4.79 Å². The zero-order valence-electron chi connectivity index (χ0n) is 34.5. The van der Waals surface area contributed by atoms with Crippen LogP contribution in [0.5, 0.6) is 5.75 Å². The van der Waals surface area contributed by atoms with Crippen LogP contribution < -0.4 is 37.5 Å². The number of amides is 1. The fourth-order valence-corrected chi connectivity index (χ4v) is 8.51. The van der Waals surface area contributed by atoms with E-state index in [0.717, 1.165) is 49.7 Å². The quantitative estimate of drug-likeness (QED) is 0.0887. The fraction of sp³-hybridized carbons (Fsp3) is 0.381. The van der Waals surface area contributed by atoms with Gasteiger partial charge in [0.15, 0.2) is 5.82 Å². The van der Waals surface area contributed by atoms with Crippen LogP contribution in [0.1, 0.15) is 26.2 Å². The first kappa shape index (κ1) is 45.0. The number of rotatable bonds is 11. The number of aromatic nitrogens is 5. The summed E-state index contributed by atoms with van der Waals surface area (Å²) in [6.07, 6.45) is 10.7. The molecule has 6 heterocycles. The number of hydrogen-bond donors (Lipinski definition) is 5. The van der Waals surface area contributed by atoms with Crippen molar-refractivity contribution < 1.29 is 23.4 Å². The average molecular weight is 908 g/mol. The van der Waals surface area contributed by atoms with Gasteiger partial charge in [-0.05, 0) is 64.2 Å². The smallest absolute Gasteiger partial charge is 0.248 e. The molecule has 3 saturated heterocycles. The average Bonchev–Trinajstić information content (AvgIpc) is 3.86. The first-order valence-corrected chi connectivity index (χ1v) is 21.6. The van der Waals surface area contributed by atoms with E-state index >= 15 is 0 Å². The SMILES string of the molecule is CC1OCC2(CCN(c3cnc(Sc4ccnc(N)c4Cl)c(N)n3)CC2)C1N.CN(C)C/C=C/C(=O)Nc1cc2c(Nc3ccc(F)c(Cl)c3)ncnc2cc1O[C@H]1CCOC1. The third kappa shape index (κ3) is 10.7. The zero-order chi connectivity index (χ0) is 44.0. The van der Waals surface area contributed by atoms with Gasteiger partial charge in [0.2, 0.25) is 5.91 Å². The minimum absolute atomic E-state index is 0.00436. The summed E-state index contributed by atoms with van der Waals surface area (Å²) in [4.78, 5) is 39.2. The molecule has 328 valence electrons. The second kappa shape index (κ2) is 20.0. The molecule has 3 aliphatic rings. The first-order valence-electron chi connectivity index (χ1n) is 20.0. The number of nitrogen functional groups attached to an aromatic ring is 2. The van der Waals surface area contributed by atoms with Gasteiger partial charge in [-0.2, -0.15) is 0 Å². The third-order valence-corrected chi connectivity index (χ3v) is 12.7. The van der Waals surface area contributed by atoms with Gasteiger partial charge in [0.25, 0.3) is 0 Å². The Morgan fingerprint density at radius 2 is 1.92 bits per heavy atom. The number of anilines is 6. The summed E-state index contributed by atoms with van der Waals surface area (Å²) in [5.74, 6) is 1.59. The Morgan fingerprint density at radius 3 is 2.61 bits per heavy atom. The van der Waals surface area contributed by atoms with Gasteiger partial charge in [-0.1, -0.05) is 41.0 Å². The highest BCUT2D eigenvalue weighted by Gasteiger charge is 2.47. The van der Waals surface area contributed by atoms with E-state index in [0.29, 0.717) is 69.5 Å². The maximum absolute atomic E-state index is 13.6. The molecule has 16 nitrogen and oxygen atoms in total. The molecule has 1 amide bonds. The summed E-state index contributed by atoms with van der Waals surface area (Å²) in [6, 6.07) is 9.68. The van der Waals surface area contributed by atoms with Crippen molar-refractivity contribution in [2.45, 2.75) is 54.4 Å². The van der Waals surface area contributed by atoms with E-state index in [-0.39, 0.29) is 40.4 Å². The Balaban J connectivity index is 0.000000190. The first-order chi connectivity index (χ1) is 29.8. The lowest BCUT2D eigenvalue weighted by atomic mass is 9.73. The summed E-state index contributed by atoms with van der Waals surface area (Å²) < 4.78 is 30.9. The lowest BCUT2D eigenvalue weighted by Crippen LogP contribution is -2.50. The minimum atomic E-state index is -0.509. The molecule has 1 spiro atoms. The van der Waals surface area contributed by atoms with Gasteiger partial charge >= 0.3 is 0 Å². The number of nitrogens with two attached hydrogens (primary N) is 3. The summed E-state index contributed by atoms with van der Waals surface area (Å²) in [5.41, 5.74) is 20.0. The highest BCUT2D eigenvalue weighted by Crippen LogP contribution is 2.43. The molecule has 0 saturated carbocycles. The highest BCUT2D eigenvalue weighted by molar-refractivity contribution is 7.99. The third-order valence-electron chi connectivity index (χ3n) is 10.9. The molecule has 2 unspecified atom stereocenters. The maximum atomic E-state index is 13.6.